The maximum Gasteiger partial charge on any atom is 0.302 e. The van der Waals surface area contributed by atoms with Crippen LogP contribution < -0.4 is 0 Å². The highest BCUT2D eigenvalue weighted by Crippen LogP contribution is 2.43. The molecule has 0 N–H and O–H groups in total. The van der Waals surface area contributed by atoms with Crippen LogP contribution in [0.3, 0.4) is 0 Å². The Hall–Kier alpha value is -0.950. The lowest BCUT2D eigenvalue weighted by molar-refractivity contribution is -0.329. The first kappa shape index (κ1) is 17.4. The Morgan fingerprint density at radius 3 is 2.68 bits per heavy atom. The second-order valence-corrected chi connectivity index (χ2v) is 6.35. The van der Waals surface area contributed by atoms with Crippen LogP contribution in [0.2, 0.25) is 0 Å². The van der Waals surface area contributed by atoms with Crippen molar-refractivity contribution >= 4 is 5.97 Å². The first-order valence-electron chi connectivity index (χ1n) is 7.57. The van der Waals surface area contributed by atoms with Gasteiger partial charge >= 0.3 is 5.97 Å². The zero-order chi connectivity index (χ0) is 16.3. The van der Waals surface area contributed by atoms with E-state index in [0.717, 1.165) is 0 Å². The van der Waals surface area contributed by atoms with Crippen LogP contribution in [0.1, 0.15) is 27.2 Å². The van der Waals surface area contributed by atoms with Crippen LogP contribution in [-0.4, -0.2) is 57.0 Å². The number of hydrogen-bond acceptors (Lipinski definition) is 6. The third-order valence-corrected chi connectivity index (χ3v) is 4.50. The van der Waals surface area contributed by atoms with Crippen LogP contribution in [0.25, 0.3) is 0 Å². The average Bonchev–Trinajstić information content (AvgIpc) is 2.46. The van der Waals surface area contributed by atoms with Gasteiger partial charge in [0.25, 0.3) is 0 Å². The lowest BCUT2D eigenvalue weighted by atomic mass is 9.72. The lowest BCUT2D eigenvalue weighted by Crippen LogP contribution is -2.66. The molecule has 0 aromatic carbocycles. The van der Waals surface area contributed by atoms with Crippen LogP contribution in [0.5, 0.6) is 0 Å². The highest BCUT2D eigenvalue weighted by Gasteiger charge is 2.55. The SMILES string of the molecule is C=CC[C@H]1O[C@@H]2C(COC(C)=O)OCO[C@@H]2[C@@H](OC)C1(C)C. The molecule has 2 heterocycles. The summed E-state index contributed by atoms with van der Waals surface area (Å²) in [5.41, 5.74) is -0.229. The molecule has 0 aliphatic carbocycles. The molecule has 0 amide bonds. The Morgan fingerprint density at radius 1 is 1.36 bits per heavy atom. The Bertz CT molecular complexity index is 407. The first-order chi connectivity index (χ1) is 10.4. The van der Waals surface area contributed by atoms with Crippen molar-refractivity contribution in [1.29, 1.82) is 0 Å². The van der Waals surface area contributed by atoms with Crippen molar-refractivity contribution in [2.24, 2.45) is 5.41 Å². The molecular formula is C16H26O6. The quantitative estimate of drug-likeness (QED) is 0.568. The predicted molar refractivity (Wildman–Crippen MR) is 79.3 cm³/mol. The molecule has 0 spiro atoms. The van der Waals surface area contributed by atoms with Gasteiger partial charge in [-0.3, -0.25) is 4.79 Å². The second-order valence-electron chi connectivity index (χ2n) is 6.35. The number of methoxy groups -OCH3 is 1. The summed E-state index contributed by atoms with van der Waals surface area (Å²) in [7, 11) is 1.68. The average molecular weight is 314 g/mol. The zero-order valence-corrected chi connectivity index (χ0v) is 13.7. The molecule has 6 heteroatoms. The number of carbonyl (C=O) groups excluding carboxylic acids is 1. The van der Waals surface area contributed by atoms with Gasteiger partial charge in [-0.05, 0) is 6.42 Å². The minimum Gasteiger partial charge on any atom is -0.463 e. The minimum atomic E-state index is -0.358. The summed E-state index contributed by atoms with van der Waals surface area (Å²) in [4.78, 5) is 11.0. The normalized spacial score (nSPS) is 37.2. The van der Waals surface area contributed by atoms with Gasteiger partial charge in [-0.2, -0.15) is 0 Å². The smallest absolute Gasteiger partial charge is 0.302 e. The highest BCUT2D eigenvalue weighted by atomic mass is 16.7. The third kappa shape index (κ3) is 3.35. The predicted octanol–water partition coefficient (Wildman–Crippen LogP) is 1.68. The molecule has 0 bridgehead atoms. The molecule has 22 heavy (non-hydrogen) atoms. The van der Waals surface area contributed by atoms with Gasteiger partial charge in [0.2, 0.25) is 0 Å². The van der Waals surface area contributed by atoms with Gasteiger partial charge in [0.15, 0.2) is 0 Å². The second kappa shape index (κ2) is 7.08. The molecule has 2 rings (SSSR count). The molecule has 126 valence electrons. The molecule has 0 aromatic heterocycles. The van der Waals surface area contributed by atoms with E-state index in [-0.39, 0.29) is 55.3 Å². The van der Waals surface area contributed by atoms with Gasteiger partial charge in [0.1, 0.15) is 31.7 Å². The van der Waals surface area contributed by atoms with Crippen LogP contribution in [-0.2, 0) is 28.5 Å². The van der Waals surface area contributed by atoms with Crippen LogP contribution in [0.15, 0.2) is 12.7 Å². The molecule has 0 radical (unpaired) electrons. The van der Waals surface area contributed by atoms with Crippen LogP contribution >= 0.6 is 0 Å². The van der Waals surface area contributed by atoms with Crippen molar-refractivity contribution in [2.45, 2.75) is 57.7 Å². The van der Waals surface area contributed by atoms with E-state index in [1.54, 1.807) is 7.11 Å². The van der Waals surface area contributed by atoms with Gasteiger partial charge in [0.05, 0.1) is 12.2 Å². The van der Waals surface area contributed by atoms with Gasteiger partial charge in [0, 0.05) is 19.4 Å². The zero-order valence-electron chi connectivity index (χ0n) is 13.7. The fraction of sp³-hybridized carbons (Fsp3) is 0.812. The molecule has 2 aliphatic rings. The Balaban J connectivity index is 2.19. The summed E-state index contributed by atoms with van der Waals surface area (Å²) >= 11 is 0. The number of esters is 1. The molecule has 5 atom stereocenters. The summed E-state index contributed by atoms with van der Waals surface area (Å²) < 4.78 is 28.4. The van der Waals surface area contributed by atoms with Crippen molar-refractivity contribution in [3.8, 4) is 0 Å². The molecule has 0 aromatic rings. The van der Waals surface area contributed by atoms with E-state index in [2.05, 4.69) is 20.4 Å². The minimum absolute atomic E-state index is 0.0682. The maximum absolute atomic E-state index is 11.0. The lowest BCUT2D eigenvalue weighted by Gasteiger charge is -2.53. The monoisotopic (exact) mass is 314 g/mol. The number of rotatable bonds is 5. The Kier molecular flexibility index (Phi) is 5.60. The maximum atomic E-state index is 11.0. The van der Waals surface area contributed by atoms with Crippen molar-refractivity contribution in [3.05, 3.63) is 12.7 Å². The number of fused-ring (bicyclic) bond motifs is 1. The summed E-state index contributed by atoms with van der Waals surface area (Å²) in [5, 5.41) is 0. The van der Waals surface area contributed by atoms with Gasteiger partial charge in [-0.25, -0.2) is 0 Å². The summed E-state index contributed by atoms with van der Waals surface area (Å²) in [6, 6.07) is 0. The molecular weight excluding hydrogens is 288 g/mol. The van der Waals surface area contributed by atoms with Crippen molar-refractivity contribution in [1.82, 2.24) is 0 Å². The van der Waals surface area contributed by atoms with E-state index in [1.165, 1.54) is 6.92 Å². The summed E-state index contributed by atoms with van der Waals surface area (Å²) in [5.74, 6) is -0.339. The van der Waals surface area contributed by atoms with Gasteiger partial charge in [-0.1, -0.05) is 19.9 Å². The third-order valence-electron chi connectivity index (χ3n) is 4.50. The Morgan fingerprint density at radius 2 is 2.09 bits per heavy atom. The Labute approximate surface area is 131 Å². The van der Waals surface area contributed by atoms with Crippen LogP contribution in [0, 0.1) is 5.41 Å². The molecule has 2 fully saturated rings. The standard InChI is InChI=1S/C16H26O6/c1-6-7-12-16(3,4)15(18-5)14-13(22-12)11(20-9-21-14)8-19-10(2)17/h6,11-15H,1,7-9H2,2-5H3/t11?,12-,13-,14+,15-/m1/s1. The first-order valence-corrected chi connectivity index (χ1v) is 7.57. The van der Waals surface area contributed by atoms with E-state index in [0.29, 0.717) is 6.42 Å². The van der Waals surface area contributed by atoms with Gasteiger partial charge < -0.3 is 23.7 Å². The molecule has 0 saturated carbocycles. The number of ether oxygens (including phenoxy) is 5. The van der Waals surface area contributed by atoms with Crippen molar-refractivity contribution < 1.29 is 28.5 Å². The van der Waals surface area contributed by atoms with E-state index < -0.39 is 0 Å². The number of hydrogen-bond donors (Lipinski definition) is 0. The molecule has 2 aliphatic heterocycles. The fourth-order valence-corrected chi connectivity index (χ4v) is 3.29. The van der Waals surface area contributed by atoms with E-state index in [9.17, 15) is 4.79 Å². The largest absolute Gasteiger partial charge is 0.463 e. The van der Waals surface area contributed by atoms with Gasteiger partial charge in [-0.15, -0.1) is 6.58 Å². The number of carbonyl (C=O) groups is 1. The molecule has 2 saturated heterocycles. The molecule has 1 unspecified atom stereocenters. The molecule has 6 nitrogen and oxygen atoms in total. The summed E-state index contributed by atoms with van der Waals surface area (Å²) in [6.07, 6.45) is 1.39. The van der Waals surface area contributed by atoms with E-state index in [1.807, 2.05) is 6.08 Å². The van der Waals surface area contributed by atoms with Crippen molar-refractivity contribution in [2.75, 3.05) is 20.5 Å². The van der Waals surface area contributed by atoms with E-state index >= 15 is 0 Å². The fourth-order valence-electron chi connectivity index (χ4n) is 3.29. The van der Waals surface area contributed by atoms with E-state index in [4.69, 9.17) is 23.7 Å². The topological polar surface area (TPSA) is 63.2 Å². The highest BCUT2D eigenvalue weighted by molar-refractivity contribution is 5.65. The van der Waals surface area contributed by atoms with Crippen LogP contribution in [0.4, 0.5) is 0 Å². The van der Waals surface area contributed by atoms with Crippen molar-refractivity contribution in [3.63, 3.8) is 0 Å². The summed E-state index contributed by atoms with van der Waals surface area (Å²) in [6.45, 7) is 9.67.